The van der Waals surface area contributed by atoms with Crippen molar-refractivity contribution in [2.24, 2.45) is 0 Å². The van der Waals surface area contributed by atoms with Crippen LogP contribution in [-0.2, 0) is 6.18 Å². The van der Waals surface area contributed by atoms with E-state index in [1.165, 1.54) is 11.9 Å². The summed E-state index contributed by atoms with van der Waals surface area (Å²) < 4.78 is 46.0. The number of anilines is 4. The van der Waals surface area contributed by atoms with Crippen molar-refractivity contribution in [3.05, 3.63) is 65.3 Å². The highest BCUT2D eigenvalue weighted by Crippen LogP contribution is 2.38. The van der Waals surface area contributed by atoms with Crippen molar-refractivity contribution in [1.29, 1.82) is 0 Å². The number of ether oxygens (including phenoxy) is 1. The molecule has 0 spiro atoms. The Morgan fingerprint density at radius 3 is 2.31 bits per heavy atom. The van der Waals surface area contributed by atoms with Gasteiger partial charge in [0.1, 0.15) is 11.3 Å². The lowest BCUT2D eigenvalue weighted by Crippen LogP contribution is -2.19. The van der Waals surface area contributed by atoms with Gasteiger partial charge in [0.15, 0.2) is 5.82 Å². The smallest absolute Gasteiger partial charge is 0.421 e. The van der Waals surface area contributed by atoms with E-state index in [0.717, 1.165) is 6.20 Å². The Morgan fingerprint density at radius 1 is 1.07 bits per heavy atom. The van der Waals surface area contributed by atoms with E-state index in [4.69, 9.17) is 16.3 Å². The Morgan fingerprint density at radius 2 is 1.72 bits per heavy atom. The first-order chi connectivity index (χ1) is 13.8. The molecule has 0 aliphatic rings. The number of rotatable bonds is 6. The van der Waals surface area contributed by atoms with E-state index in [1.807, 2.05) is 6.92 Å². The molecule has 0 saturated carbocycles. The topological polar surface area (TPSA) is 50.3 Å². The number of hydrogen-bond acceptors (Lipinski definition) is 5. The van der Waals surface area contributed by atoms with Gasteiger partial charge in [0.05, 0.1) is 6.61 Å². The van der Waals surface area contributed by atoms with Gasteiger partial charge in [0, 0.05) is 29.6 Å². The van der Waals surface area contributed by atoms with Crippen molar-refractivity contribution in [2.45, 2.75) is 13.1 Å². The molecule has 0 radical (unpaired) electrons. The zero-order valence-corrected chi connectivity index (χ0v) is 16.4. The first kappa shape index (κ1) is 20.7. The lowest BCUT2D eigenvalue weighted by atomic mass is 10.2. The molecule has 0 unspecified atom stereocenters. The molecule has 0 saturated heterocycles. The lowest BCUT2D eigenvalue weighted by molar-refractivity contribution is -0.137. The number of nitrogens with one attached hydrogen (secondary N) is 1. The fourth-order valence-corrected chi connectivity index (χ4v) is 2.73. The van der Waals surface area contributed by atoms with Crippen LogP contribution in [0.5, 0.6) is 5.75 Å². The Bertz CT molecular complexity index is 963. The first-order valence-electron chi connectivity index (χ1n) is 8.71. The molecule has 5 nitrogen and oxygen atoms in total. The highest BCUT2D eigenvalue weighted by Gasteiger charge is 2.36. The molecule has 152 valence electrons. The second-order valence-electron chi connectivity index (χ2n) is 6.05. The fourth-order valence-electron chi connectivity index (χ4n) is 2.61. The van der Waals surface area contributed by atoms with E-state index in [1.54, 1.807) is 48.5 Å². The van der Waals surface area contributed by atoms with Crippen LogP contribution in [0.3, 0.4) is 0 Å². The number of benzene rings is 2. The predicted molar refractivity (Wildman–Crippen MR) is 107 cm³/mol. The number of nitrogens with zero attached hydrogens (tertiary/aromatic N) is 3. The second kappa shape index (κ2) is 8.57. The van der Waals surface area contributed by atoms with E-state index in [9.17, 15) is 13.2 Å². The van der Waals surface area contributed by atoms with Crippen LogP contribution in [0.15, 0.2) is 54.7 Å². The van der Waals surface area contributed by atoms with Gasteiger partial charge in [-0.05, 0) is 55.5 Å². The van der Waals surface area contributed by atoms with Crippen LogP contribution in [0.25, 0.3) is 0 Å². The predicted octanol–water partition coefficient (Wildman–Crippen LogP) is 6.06. The summed E-state index contributed by atoms with van der Waals surface area (Å²) in [5.41, 5.74) is 0.189. The zero-order valence-electron chi connectivity index (χ0n) is 15.7. The molecule has 2 aromatic carbocycles. The van der Waals surface area contributed by atoms with E-state index >= 15 is 0 Å². The molecule has 29 heavy (non-hydrogen) atoms. The standard InChI is InChI=1S/C20H18ClF3N4O/c1-3-29-16-10-8-15(9-11-16)28(2)18-17(20(22,23)24)12-25-19(27-18)26-14-6-4-13(21)5-7-14/h4-12H,3H2,1-2H3,(H,25,26,27). The van der Waals surface area contributed by atoms with Gasteiger partial charge in [-0.1, -0.05) is 11.6 Å². The molecule has 3 rings (SSSR count). The monoisotopic (exact) mass is 422 g/mol. The van der Waals surface area contributed by atoms with Crippen molar-refractivity contribution in [1.82, 2.24) is 9.97 Å². The van der Waals surface area contributed by atoms with Gasteiger partial charge in [0.2, 0.25) is 5.95 Å². The molecule has 0 aliphatic carbocycles. The molecule has 1 aromatic heterocycles. The summed E-state index contributed by atoms with van der Waals surface area (Å²) in [5.74, 6) is 0.398. The zero-order chi connectivity index (χ0) is 21.0. The summed E-state index contributed by atoms with van der Waals surface area (Å²) in [4.78, 5) is 9.28. The van der Waals surface area contributed by atoms with Gasteiger partial charge in [-0.2, -0.15) is 18.2 Å². The average molecular weight is 423 g/mol. The quantitative estimate of drug-likeness (QED) is 0.523. The third kappa shape index (κ3) is 5.08. The summed E-state index contributed by atoms with van der Waals surface area (Å²) in [5, 5.41) is 3.43. The average Bonchev–Trinajstić information content (AvgIpc) is 2.69. The van der Waals surface area contributed by atoms with Gasteiger partial charge < -0.3 is 15.0 Å². The SMILES string of the molecule is CCOc1ccc(N(C)c2nc(Nc3ccc(Cl)cc3)ncc2C(F)(F)F)cc1. The third-order valence-corrected chi connectivity index (χ3v) is 4.28. The Hall–Kier alpha value is -3.00. The number of alkyl halides is 3. The maximum absolute atomic E-state index is 13.5. The van der Waals surface area contributed by atoms with Crippen molar-refractivity contribution in [3.8, 4) is 5.75 Å². The largest absolute Gasteiger partial charge is 0.494 e. The number of hydrogen-bond donors (Lipinski definition) is 1. The summed E-state index contributed by atoms with van der Waals surface area (Å²) in [6.45, 7) is 2.35. The molecule has 0 atom stereocenters. The van der Waals surface area contributed by atoms with E-state index in [2.05, 4.69) is 15.3 Å². The van der Waals surface area contributed by atoms with Crippen LogP contribution in [0.1, 0.15) is 12.5 Å². The van der Waals surface area contributed by atoms with Crippen molar-refractivity contribution < 1.29 is 17.9 Å². The molecule has 0 fully saturated rings. The Labute approximate surface area is 171 Å². The van der Waals surface area contributed by atoms with Gasteiger partial charge in [-0.15, -0.1) is 0 Å². The minimum absolute atomic E-state index is 0.0353. The minimum atomic E-state index is -4.60. The van der Waals surface area contributed by atoms with Crippen LogP contribution in [0.4, 0.5) is 36.3 Å². The van der Waals surface area contributed by atoms with Crippen LogP contribution >= 0.6 is 11.6 Å². The molecule has 1 N–H and O–H groups in total. The van der Waals surface area contributed by atoms with E-state index in [-0.39, 0.29) is 11.8 Å². The normalized spacial score (nSPS) is 11.2. The summed E-state index contributed by atoms with van der Waals surface area (Å²) in [6.07, 6.45) is -3.83. The van der Waals surface area contributed by atoms with Gasteiger partial charge in [0.25, 0.3) is 0 Å². The van der Waals surface area contributed by atoms with E-state index in [0.29, 0.717) is 28.8 Å². The second-order valence-corrected chi connectivity index (χ2v) is 6.48. The molecule has 1 heterocycles. The van der Waals surface area contributed by atoms with Crippen LogP contribution < -0.4 is 15.0 Å². The fraction of sp³-hybridized carbons (Fsp3) is 0.200. The van der Waals surface area contributed by atoms with Crippen LogP contribution in [0, 0.1) is 0 Å². The molecular formula is C20H18ClF3N4O. The van der Waals surface area contributed by atoms with E-state index < -0.39 is 11.7 Å². The van der Waals surface area contributed by atoms with Crippen molar-refractivity contribution >= 4 is 34.7 Å². The minimum Gasteiger partial charge on any atom is -0.494 e. The molecule has 9 heteroatoms. The van der Waals surface area contributed by atoms with Crippen LogP contribution in [0.2, 0.25) is 5.02 Å². The number of halogens is 4. The molecule has 0 amide bonds. The van der Waals surface area contributed by atoms with Crippen molar-refractivity contribution in [3.63, 3.8) is 0 Å². The Balaban J connectivity index is 1.96. The highest BCUT2D eigenvalue weighted by atomic mass is 35.5. The van der Waals surface area contributed by atoms with Crippen LogP contribution in [-0.4, -0.2) is 23.6 Å². The molecular weight excluding hydrogens is 405 g/mol. The number of aromatic nitrogens is 2. The van der Waals surface area contributed by atoms with Crippen molar-refractivity contribution in [2.75, 3.05) is 23.9 Å². The summed E-state index contributed by atoms with van der Waals surface area (Å²) in [7, 11) is 1.51. The summed E-state index contributed by atoms with van der Waals surface area (Å²) >= 11 is 5.85. The molecule has 0 bridgehead atoms. The van der Waals surface area contributed by atoms with Gasteiger partial charge in [-0.3, -0.25) is 0 Å². The van der Waals surface area contributed by atoms with Gasteiger partial charge >= 0.3 is 6.18 Å². The van der Waals surface area contributed by atoms with Gasteiger partial charge in [-0.25, -0.2) is 4.98 Å². The summed E-state index contributed by atoms with van der Waals surface area (Å²) in [6, 6.07) is 13.4. The third-order valence-electron chi connectivity index (χ3n) is 4.03. The lowest BCUT2D eigenvalue weighted by Gasteiger charge is -2.23. The first-order valence-corrected chi connectivity index (χ1v) is 9.09. The highest BCUT2D eigenvalue weighted by molar-refractivity contribution is 6.30. The maximum atomic E-state index is 13.5. The Kier molecular flexibility index (Phi) is 6.12. The molecule has 0 aliphatic heterocycles. The molecule has 3 aromatic rings. The maximum Gasteiger partial charge on any atom is 0.421 e.